The summed E-state index contributed by atoms with van der Waals surface area (Å²) in [7, 11) is 0. The van der Waals surface area contributed by atoms with Gasteiger partial charge >= 0.3 is 0 Å². The van der Waals surface area contributed by atoms with E-state index < -0.39 is 0 Å². The van der Waals surface area contributed by atoms with Crippen molar-refractivity contribution in [2.45, 2.75) is 77.0 Å². The fourth-order valence-electron chi connectivity index (χ4n) is 3.34. The molecule has 1 fully saturated rings. The molecule has 3 N–H and O–H groups in total. The Morgan fingerprint density at radius 3 is 2.52 bits per heavy atom. The van der Waals surface area contributed by atoms with Crippen LogP contribution in [0, 0.1) is 11.3 Å². The molecule has 0 aromatic heterocycles. The largest absolute Gasteiger partial charge is 0.352 e. The molecular formula is C17H34N2OS. The van der Waals surface area contributed by atoms with Gasteiger partial charge in [-0.15, -0.1) is 0 Å². The first kappa shape index (κ1) is 18.8. The normalized spacial score (nSPS) is 24.6. The molecule has 0 bridgehead atoms. The maximum Gasteiger partial charge on any atom is 0.220 e. The Balaban J connectivity index is 2.41. The number of carbonyl (C=O) groups is 1. The average molecular weight is 315 g/mol. The van der Waals surface area contributed by atoms with Crippen LogP contribution in [0.1, 0.15) is 65.7 Å². The van der Waals surface area contributed by atoms with E-state index in [0.29, 0.717) is 30.2 Å². The van der Waals surface area contributed by atoms with Gasteiger partial charge in [0.05, 0.1) is 0 Å². The lowest BCUT2D eigenvalue weighted by Crippen LogP contribution is -2.43. The Morgan fingerprint density at radius 1 is 1.29 bits per heavy atom. The summed E-state index contributed by atoms with van der Waals surface area (Å²) in [4.78, 5) is 12.3. The van der Waals surface area contributed by atoms with E-state index in [4.69, 9.17) is 5.73 Å². The molecule has 0 heterocycles. The number of nitrogens with two attached hydrogens (primary N) is 1. The Labute approximate surface area is 135 Å². The Hall–Kier alpha value is -0.220. The van der Waals surface area contributed by atoms with Crippen LogP contribution in [0.3, 0.4) is 0 Å². The zero-order valence-corrected chi connectivity index (χ0v) is 15.1. The van der Waals surface area contributed by atoms with Gasteiger partial charge in [0.2, 0.25) is 5.91 Å². The number of hydrogen-bond acceptors (Lipinski definition) is 3. The van der Waals surface area contributed by atoms with Crippen molar-refractivity contribution in [1.29, 1.82) is 0 Å². The van der Waals surface area contributed by atoms with Gasteiger partial charge < -0.3 is 11.1 Å². The molecule has 21 heavy (non-hydrogen) atoms. The maximum absolute atomic E-state index is 12.3. The minimum absolute atomic E-state index is 0.228. The van der Waals surface area contributed by atoms with Crippen LogP contribution in [0.4, 0.5) is 0 Å². The maximum atomic E-state index is 12.3. The summed E-state index contributed by atoms with van der Waals surface area (Å²) in [6.07, 6.45) is 9.69. The molecule has 1 saturated carbocycles. The van der Waals surface area contributed by atoms with E-state index in [1.165, 1.54) is 19.3 Å². The van der Waals surface area contributed by atoms with Crippen LogP contribution in [0.2, 0.25) is 0 Å². The van der Waals surface area contributed by atoms with E-state index in [2.05, 4.69) is 32.3 Å². The highest BCUT2D eigenvalue weighted by atomic mass is 32.2. The van der Waals surface area contributed by atoms with Crippen LogP contribution in [-0.2, 0) is 4.79 Å². The Kier molecular flexibility index (Phi) is 8.10. The van der Waals surface area contributed by atoms with E-state index in [9.17, 15) is 4.79 Å². The highest BCUT2D eigenvalue weighted by Gasteiger charge is 2.27. The van der Waals surface area contributed by atoms with E-state index >= 15 is 0 Å². The molecule has 1 amide bonds. The second kappa shape index (κ2) is 9.04. The van der Waals surface area contributed by atoms with Crippen molar-refractivity contribution in [2.75, 3.05) is 12.8 Å². The molecule has 124 valence electrons. The van der Waals surface area contributed by atoms with Gasteiger partial charge in [0.25, 0.3) is 0 Å². The number of nitrogens with one attached hydrogen (secondary N) is 1. The summed E-state index contributed by atoms with van der Waals surface area (Å²) in [6, 6.07) is 0.379. The van der Waals surface area contributed by atoms with E-state index in [1.807, 2.05) is 11.8 Å². The lowest BCUT2D eigenvalue weighted by molar-refractivity contribution is -0.122. The standard InChI is InChI=1S/C17H34N2OS/c1-17(2,3)13(11-12-18)9-10-16(20)19-14-7-5-6-8-15(14)21-4/h13-15H,5-12,18H2,1-4H3,(H,19,20). The molecule has 1 aliphatic carbocycles. The zero-order valence-electron chi connectivity index (χ0n) is 14.3. The monoisotopic (exact) mass is 314 g/mol. The van der Waals surface area contributed by atoms with Crippen molar-refractivity contribution in [2.24, 2.45) is 17.1 Å². The van der Waals surface area contributed by atoms with Crippen LogP contribution in [0.5, 0.6) is 0 Å². The lowest BCUT2D eigenvalue weighted by Gasteiger charge is -2.32. The molecule has 1 aliphatic rings. The van der Waals surface area contributed by atoms with Crippen molar-refractivity contribution < 1.29 is 4.79 Å². The molecule has 1 rings (SSSR count). The number of thioether (sulfide) groups is 1. The first-order valence-corrected chi connectivity index (χ1v) is 9.69. The number of amides is 1. The number of carbonyl (C=O) groups excluding carboxylic acids is 1. The molecule has 4 heteroatoms. The first-order chi connectivity index (χ1) is 9.88. The zero-order chi connectivity index (χ0) is 15.9. The summed E-state index contributed by atoms with van der Waals surface area (Å²) in [5, 5.41) is 3.88. The van der Waals surface area contributed by atoms with Gasteiger partial charge in [-0.2, -0.15) is 11.8 Å². The molecule has 3 unspecified atom stereocenters. The highest BCUT2D eigenvalue weighted by Crippen LogP contribution is 2.32. The van der Waals surface area contributed by atoms with Gasteiger partial charge in [-0.1, -0.05) is 33.6 Å². The molecule has 0 aromatic carbocycles. The highest BCUT2D eigenvalue weighted by molar-refractivity contribution is 7.99. The molecule has 0 spiro atoms. The third-order valence-corrected chi connectivity index (χ3v) is 5.98. The SMILES string of the molecule is CSC1CCCCC1NC(=O)CCC(CCN)C(C)(C)C. The van der Waals surface area contributed by atoms with Crippen LogP contribution < -0.4 is 11.1 Å². The fraction of sp³-hybridized carbons (Fsp3) is 0.941. The van der Waals surface area contributed by atoms with Crippen LogP contribution in [-0.4, -0.2) is 30.0 Å². The topological polar surface area (TPSA) is 55.1 Å². The van der Waals surface area contributed by atoms with Gasteiger partial charge in [0.1, 0.15) is 0 Å². The summed E-state index contributed by atoms with van der Waals surface area (Å²) in [5.74, 6) is 0.753. The van der Waals surface area contributed by atoms with Crippen molar-refractivity contribution in [3.05, 3.63) is 0 Å². The minimum Gasteiger partial charge on any atom is -0.352 e. The molecule has 0 radical (unpaired) electrons. The molecule has 0 aromatic rings. The van der Waals surface area contributed by atoms with Gasteiger partial charge in [0.15, 0.2) is 0 Å². The van der Waals surface area contributed by atoms with Gasteiger partial charge in [-0.3, -0.25) is 4.79 Å². The average Bonchev–Trinajstić information content (AvgIpc) is 2.42. The van der Waals surface area contributed by atoms with Crippen LogP contribution >= 0.6 is 11.8 Å². The second-order valence-corrected chi connectivity index (χ2v) is 8.49. The summed E-state index contributed by atoms with van der Waals surface area (Å²) >= 11 is 1.90. The summed E-state index contributed by atoms with van der Waals surface area (Å²) in [6.45, 7) is 7.45. The first-order valence-electron chi connectivity index (χ1n) is 8.40. The van der Waals surface area contributed by atoms with E-state index in [-0.39, 0.29) is 11.3 Å². The third-order valence-electron chi connectivity index (χ3n) is 4.81. The molecule has 3 atom stereocenters. The molecule has 0 aliphatic heterocycles. The Bertz CT molecular complexity index is 314. The van der Waals surface area contributed by atoms with E-state index in [1.54, 1.807) is 0 Å². The van der Waals surface area contributed by atoms with Crippen molar-refractivity contribution >= 4 is 17.7 Å². The summed E-state index contributed by atoms with van der Waals surface area (Å²) < 4.78 is 0. The van der Waals surface area contributed by atoms with E-state index in [0.717, 1.165) is 19.3 Å². The van der Waals surface area contributed by atoms with Crippen molar-refractivity contribution in [3.8, 4) is 0 Å². The number of hydrogen-bond donors (Lipinski definition) is 2. The fourth-order valence-corrected chi connectivity index (χ4v) is 4.27. The van der Waals surface area contributed by atoms with Crippen molar-refractivity contribution in [1.82, 2.24) is 5.32 Å². The predicted octanol–water partition coefficient (Wildman–Crippen LogP) is 3.57. The molecule has 0 saturated heterocycles. The van der Waals surface area contributed by atoms with Gasteiger partial charge in [-0.25, -0.2) is 0 Å². The Morgan fingerprint density at radius 2 is 1.95 bits per heavy atom. The third kappa shape index (κ3) is 6.60. The molecular weight excluding hydrogens is 280 g/mol. The quantitative estimate of drug-likeness (QED) is 0.755. The lowest BCUT2D eigenvalue weighted by atomic mass is 9.76. The predicted molar refractivity (Wildman–Crippen MR) is 93.6 cm³/mol. The van der Waals surface area contributed by atoms with Crippen LogP contribution in [0.25, 0.3) is 0 Å². The molecule has 3 nitrogen and oxygen atoms in total. The second-order valence-electron chi connectivity index (χ2n) is 7.41. The smallest absolute Gasteiger partial charge is 0.220 e. The minimum atomic E-state index is 0.228. The summed E-state index contributed by atoms with van der Waals surface area (Å²) in [5.41, 5.74) is 5.94. The van der Waals surface area contributed by atoms with Gasteiger partial charge in [0, 0.05) is 17.7 Å². The van der Waals surface area contributed by atoms with Crippen molar-refractivity contribution in [3.63, 3.8) is 0 Å². The van der Waals surface area contributed by atoms with Gasteiger partial charge in [-0.05, 0) is 49.8 Å². The number of rotatable bonds is 7. The van der Waals surface area contributed by atoms with Crippen LogP contribution in [0.15, 0.2) is 0 Å².